The first-order chi connectivity index (χ1) is 11.7. The predicted molar refractivity (Wildman–Crippen MR) is 90.1 cm³/mol. The topological polar surface area (TPSA) is 110 Å². The lowest BCUT2D eigenvalue weighted by molar-refractivity contribution is -0.275. The molecule has 2 heterocycles. The monoisotopic (exact) mass is 363 g/mol. The molecular weight excluding hydrogens is 330 g/mol. The Balaban J connectivity index is 1.96. The van der Waals surface area contributed by atoms with Crippen LogP contribution in [0.25, 0.3) is 0 Å². The third kappa shape index (κ3) is 4.90. The molecular formula is C17H33NO7. The maximum Gasteiger partial charge on any atom is 0.160 e. The Bertz CT molecular complexity index is 416. The van der Waals surface area contributed by atoms with E-state index in [1.54, 1.807) is 7.05 Å². The number of aliphatic hydroxyl groups is 3. The molecule has 2 fully saturated rings. The molecule has 25 heavy (non-hydrogen) atoms. The first kappa shape index (κ1) is 21.0. The summed E-state index contributed by atoms with van der Waals surface area (Å²) in [5.41, 5.74) is -0.352. The van der Waals surface area contributed by atoms with Gasteiger partial charge in [-0.05, 0) is 12.5 Å². The van der Waals surface area contributed by atoms with Crippen LogP contribution in [-0.2, 0) is 18.9 Å². The lowest BCUT2D eigenvalue weighted by Gasteiger charge is -2.47. The molecule has 0 bridgehead atoms. The van der Waals surface area contributed by atoms with E-state index in [2.05, 4.69) is 5.32 Å². The van der Waals surface area contributed by atoms with Crippen molar-refractivity contribution in [2.24, 2.45) is 5.41 Å². The molecule has 3 unspecified atom stereocenters. The summed E-state index contributed by atoms with van der Waals surface area (Å²) in [6.45, 7) is 6.31. The van der Waals surface area contributed by atoms with Gasteiger partial charge >= 0.3 is 0 Å². The molecule has 0 aromatic heterocycles. The van der Waals surface area contributed by atoms with Gasteiger partial charge in [0.2, 0.25) is 0 Å². The van der Waals surface area contributed by atoms with Gasteiger partial charge in [0.15, 0.2) is 6.29 Å². The number of aliphatic hydroxyl groups excluding tert-OH is 3. The number of hydrogen-bond donors (Lipinski definition) is 4. The fourth-order valence-electron chi connectivity index (χ4n) is 3.43. The molecule has 0 amide bonds. The quantitative estimate of drug-likeness (QED) is 0.505. The first-order valence-corrected chi connectivity index (χ1v) is 8.82. The number of ether oxygens (including phenoxy) is 4. The van der Waals surface area contributed by atoms with Gasteiger partial charge in [0.1, 0.15) is 24.4 Å². The van der Waals surface area contributed by atoms with Gasteiger partial charge in [0.25, 0.3) is 0 Å². The molecule has 0 aromatic rings. The molecule has 0 aromatic carbocycles. The van der Waals surface area contributed by atoms with Gasteiger partial charge < -0.3 is 39.6 Å². The van der Waals surface area contributed by atoms with Crippen LogP contribution in [0, 0.1) is 5.41 Å². The molecule has 0 saturated carbocycles. The summed E-state index contributed by atoms with van der Waals surface area (Å²) in [6, 6.07) is -0.111. The molecule has 8 heteroatoms. The maximum absolute atomic E-state index is 10.4. The van der Waals surface area contributed by atoms with Gasteiger partial charge in [-0.15, -0.1) is 0 Å². The summed E-state index contributed by atoms with van der Waals surface area (Å²) < 4.78 is 22.7. The van der Waals surface area contributed by atoms with E-state index in [1.807, 2.05) is 20.8 Å². The van der Waals surface area contributed by atoms with Crippen molar-refractivity contribution >= 4 is 0 Å². The largest absolute Gasteiger partial charge is 0.391 e. The SMILES string of the molecule is CN[C@H]1CO[C@@H](OCC2O[C@@H](C(C)(C)C)[C@H](O)C(O)[C@H]2OC)CC1O. The Morgan fingerprint density at radius 3 is 2.36 bits per heavy atom. The predicted octanol–water partition coefficient (Wildman–Crippen LogP) is -0.751. The summed E-state index contributed by atoms with van der Waals surface area (Å²) in [5, 5.41) is 33.8. The number of nitrogens with one attached hydrogen (secondary N) is 1. The van der Waals surface area contributed by atoms with Crippen molar-refractivity contribution in [3.05, 3.63) is 0 Å². The number of hydrogen-bond acceptors (Lipinski definition) is 8. The minimum absolute atomic E-state index is 0.111. The fraction of sp³-hybridized carbons (Fsp3) is 1.00. The number of methoxy groups -OCH3 is 1. The third-order valence-electron chi connectivity index (χ3n) is 4.99. The Hall–Kier alpha value is -0.320. The van der Waals surface area contributed by atoms with Crippen molar-refractivity contribution in [1.29, 1.82) is 0 Å². The van der Waals surface area contributed by atoms with Gasteiger partial charge in [-0.25, -0.2) is 0 Å². The average Bonchev–Trinajstić information content (AvgIpc) is 2.54. The second-order valence-electron chi connectivity index (χ2n) is 7.94. The van der Waals surface area contributed by atoms with Crippen LogP contribution in [0.4, 0.5) is 0 Å². The van der Waals surface area contributed by atoms with Crippen molar-refractivity contribution in [1.82, 2.24) is 5.32 Å². The summed E-state index contributed by atoms with van der Waals surface area (Å²) in [4.78, 5) is 0. The van der Waals surface area contributed by atoms with E-state index in [1.165, 1.54) is 7.11 Å². The van der Waals surface area contributed by atoms with E-state index in [0.29, 0.717) is 13.0 Å². The first-order valence-electron chi connectivity index (χ1n) is 8.82. The van der Waals surface area contributed by atoms with Crippen LogP contribution >= 0.6 is 0 Å². The van der Waals surface area contributed by atoms with Crippen LogP contribution < -0.4 is 5.32 Å². The Labute approximate surface area is 149 Å². The van der Waals surface area contributed by atoms with Crippen LogP contribution in [0.5, 0.6) is 0 Å². The van der Waals surface area contributed by atoms with Crippen LogP contribution in [0.15, 0.2) is 0 Å². The second kappa shape index (κ2) is 8.58. The Morgan fingerprint density at radius 1 is 1.16 bits per heavy atom. The van der Waals surface area contributed by atoms with E-state index in [4.69, 9.17) is 18.9 Å². The molecule has 0 spiro atoms. The van der Waals surface area contributed by atoms with E-state index in [9.17, 15) is 15.3 Å². The van der Waals surface area contributed by atoms with Crippen LogP contribution in [0.2, 0.25) is 0 Å². The molecule has 4 N–H and O–H groups in total. The zero-order valence-corrected chi connectivity index (χ0v) is 15.7. The summed E-state index contributed by atoms with van der Waals surface area (Å²) >= 11 is 0. The maximum atomic E-state index is 10.4. The Morgan fingerprint density at radius 2 is 1.84 bits per heavy atom. The van der Waals surface area contributed by atoms with E-state index in [0.717, 1.165) is 0 Å². The highest BCUT2D eigenvalue weighted by Gasteiger charge is 2.49. The highest BCUT2D eigenvalue weighted by Crippen LogP contribution is 2.34. The van der Waals surface area contributed by atoms with E-state index >= 15 is 0 Å². The lowest BCUT2D eigenvalue weighted by Crippen LogP contribution is -2.62. The minimum atomic E-state index is -1.07. The van der Waals surface area contributed by atoms with Crippen molar-refractivity contribution in [3.8, 4) is 0 Å². The number of rotatable bonds is 5. The van der Waals surface area contributed by atoms with Crippen molar-refractivity contribution in [2.45, 2.75) is 76.1 Å². The summed E-state index contributed by atoms with van der Waals surface area (Å²) in [7, 11) is 3.24. The molecule has 2 aliphatic heterocycles. The summed E-state index contributed by atoms with van der Waals surface area (Å²) in [6.07, 6.45) is -4.64. The molecule has 0 radical (unpaired) electrons. The molecule has 2 aliphatic rings. The lowest BCUT2D eigenvalue weighted by atomic mass is 9.80. The van der Waals surface area contributed by atoms with Gasteiger partial charge in [-0.2, -0.15) is 0 Å². The average molecular weight is 363 g/mol. The Kier molecular flexibility index (Phi) is 7.20. The standard InChI is InChI=1S/C17H33NO7/c1-17(2,3)16-14(21)13(20)15(22-5)11(25-16)8-24-12-6-10(19)9(18-4)7-23-12/h9-16,18-21H,6-8H2,1-5H3/t9-,10?,11?,12-,13?,14+,15-,16+/m0/s1. The highest BCUT2D eigenvalue weighted by molar-refractivity contribution is 4.97. The van der Waals surface area contributed by atoms with Gasteiger partial charge in [0.05, 0.1) is 31.5 Å². The van der Waals surface area contributed by atoms with E-state index in [-0.39, 0.29) is 18.1 Å². The normalized spacial score (nSPS) is 43.2. The van der Waals surface area contributed by atoms with Gasteiger partial charge in [-0.3, -0.25) is 0 Å². The van der Waals surface area contributed by atoms with Crippen molar-refractivity contribution < 1.29 is 34.3 Å². The molecule has 148 valence electrons. The molecule has 0 aliphatic carbocycles. The second-order valence-corrected chi connectivity index (χ2v) is 7.94. The van der Waals surface area contributed by atoms with Gasteiger partial charge in [-0.1, -0.05) is 20.8 Å². The summed E-state index contributed by atoms with van der Waals surface area (Å²) in [5.74, 6) is 0. The zero-order chi connectivity index (χ0) is 18.8. The van der Waals surface area contributed by atoms with E-state index < -0.39 is 42.9 Å². The number of likely N-dealkylation sites (N-methyl/N-ethyl adjacent to an activating group) is 1. The molecule has 2 saturated heterocycles. The van der Waals surface area contributed by atoms with Crippen LogP contribution in [0.3, 0.4) is 0 Å². The van der Waals surface area contributed by atoms with Crippen LogP contribution in [0.1, 0.15) is 27.2 Å². The molecule has 2 rings (SSSR count). The highest BCUT2D eigenvalue weighted by atomic mass is 16.7. The molecule has 8 atom stereocenters. The zero-order valence-electron chi connectivity index (χ0n) is 15.7. The fourth-order valence-corrected chi connectivity index (χ4v) is 3.43. The van der Waals surface area contributed by atoms with Crippen LogP contribution in [-0.4, -0.2) is 91.6 Å². The third-order valence-corrected chi connectivity index (χ3v) is 4.99. The smallest absolute Gasteiger partial charge is 0.160 e. The van der Waals surface area contributed by atoms with Crippen molar-refractivity contribution in [3.63, 3.8) is 0 Å². The van der Waals surface area contributed by atoms with Gasteiger partial charge in [0, 0.05) is 13.5 Å². The molecule has 8 nitrogen and oxygen atoms in total. The minimum Gasteiger partial charge on any atom is -0.391 e. The van der Waals surface area contributed by atoms with Crippen molar-refractivity contribution in [2.75, 3.05) is 27.4 Å².